The van der Waals surface area contributed by atoms with Gasteiger partial charge in [0.2, 0.25) is 11.8 Å². The summed E-state index contributed by atoms with van der Waals surface area (Å²) < 4.78 is 0. The van der Waals surface area contributed by atoms with E-state index < -0.39 is 0 Å². The van der Waals surface area contributed by atoms with Crippen molar-refractivity contribution in [1.82, 2.24) is 20.0 Å². The van der Waals surface area contributed by atoms with Crippen molar-refractivity contribution in [1.29, 1.82) is 0 Å². The largest absolute Gasteiger partial charge is 0.343 e. The Labute approximate surface area is 158 Å². The lowest BCUT2D eigenvalue weighted by molar-refractivity contribution is -0.141. The fraction of sp³-hybridized carbons (Fsp3) is 0.889. The summed E-state index contributed by atoms with van der Waals surface area (Å²) in [5.41, 5.74) is 0. The molecule has 1 N–H and O–H groups in total. The minimum atomic E-state index is 0. The highest BCUT2D eigenvalue weighted by atomic mass is 35.5. The van der Waals surface area contributed by atoms with E-state index in [0.717, 1.165) is 32.4 Å². The molecule has 2 aliphatic rings. The molecular weight excluding hydrogens is 340 g/mol. The van der Waals surface area contributed by atoms with E-state index in [-0.39, 0.29) is 36.2 Å². The third-order valence-electron chi connectivity index (χ3n) is 5.59. The van der Waals surface area contributed by atoms with Gasteiger partial charge in [0.25, 0.3) is 0 Å². The van der Waals surface area contributed by atoms with Gasteiger partial charge in [-0.1, -0.05) is 0 Å². The summed E-state index contributed by atoms with van der Waals surface area (Å²) >= 11 is 0. The van der Waals surface area contributed by atoms with Gasteiger partial charge in [-0.3, -0.25) is 14.5 Å². The Morgan fingerprint density at radius 2 is 1.80 bits per heavy atom. The number of piperidine rings is 2. The van der Waals surface area contributed by atoms with Gasteiger partial charge in [0.05, 0.1) is 6.54 Å². The van der Waals surface area contributed by atoms with Gasteiger partial charge in [-0.2, -0.15) is 0 Å². The fourth-order valence-corrected chi connectivity index (χ4v) is 3.64. The summed E-state index contributed by atoms with van der Waals surface area (Å²) in [6.45, 7) is 7.98. The Bertz CT molecular complexity index is 439. The van der Waals surface area contributed by atoms with Crippen LogP contribution < -0.4 is 5.32 Å². The first-order valence-corrected chi connectivity index (χ1v) is 9.36. The number of hydrogen-bond donors (Lipinski definition) is 1. The van der Waals surface area contributed by atoms with Crippen LogP contribution in [0.25, 0.3) is 0 Å². The highest BCUT2D eigenvalue weighted by Gasteiger charge is 2.30. The minimum Gasteiger partial charge on any atom is -0.343 e. The molecule has 7 heteroatoms. The van der Waals surface area contributed by atoms with Crippen LogP contribution >= 0.6 is 12.4 Å². The first-order chi connectivity index (χ1) is 11.4. The number of likely N-dealkylation sites (tertiary alicyclic amines) is 2. The van der Waals surface area contributed by atoms with E-state index in [4.69, 9.17) is 0 Å². The number of nitrogens with one attached hydrogen (secondary N) is 1. The van der Waals surface area contributed by atoms with Crippen molar-refractivity contribution < 1.29 is 9.59 Å². The maximum atomic E-state index is 12.5. The predicted octanol–water partition coefficient (Wildman–Crippen LogP) is 1.20. The summed E-state index contributed by atoms with van der Waals surface area (Å²) in [4.78, 5) is 31.0. The molecule has 0 aromatic carbocycles. The SMILES string of the molecule is CNC1CCCN(CC(=O)N2CCC(C(=O)N(C)C(C)C)CC2)C1.Cl. The quantitative estimate of drug-likeness (QED) is 0.785. The van der Waals surface area contributed by atoms with E-state index in [1.807, 2.05) is 37.7 Å². The zero-order valence-corrected chi connectivity index (χ0v) is 17.0. The number of rotatable bonds is 5. The third kappa shape index (κ3) is 6.12. The molecule has 0 radical (unpaired) electrons. The molecule has 2 heterocycles. The van der Waals surface area contributed by atoms with Crippen molar-refractivity contribution in [3.05, 3.63) is 0 Å². The molecule has 2 saturated heterocycles. The molecule has 0 aromatic rings. The van der Waals surface area contributed by atoms with Gasteiger partial charge in [-0.15, -0.1) is 12.4 Å². The zero-order valence-electron chi connectivity index (χ0n) is 16.2. The lowest BCUT2D eigenvalue weighted by atomic mass is 9.95. The van der Waals surface area contributed by atoms with Crippen LogP contribution in [-0.4, -0.2) is 85.4 Å². The van der Waals surface area contributed by atoms with E-state index in [0.29, 0.717) is 25.7 Å². The summed E-state index contributed by atoms with van der Waals surface area (Å²) in [6.07, 6.45) is 3.93. The average molecular weight is 375 g/mol. The third-order valence-corrected chi connectivity index (χ3v) is 5.59. The molecule has 0 bridgehead atoms. The smallest absolute Gasteiger partial charge is 0.236 e. The molecule has 0 spiro atoms. The van der Waals surface area contributed by atoms with Gasteiger partial charge in [0, 0.05) is 44.7 Å². The molecule has 1 atom stereocenters. The molecule has 6 nitrogen and oxygen atoms in total. The van der Waals surface area contributed by atoms with Crippen LogP contribution in [0.4, 0.5) is 0 Å². The van der Waals surface area contributed by atoms with Crippen molar-refractivity contribution in [2.24, 2.45) is 5.92 Å². The Morgan fingerprint density at radius 1 is 1.16 bits per heavy atom. The molecule has 2 amide bonds. The summed E-state index contributed by atoms with van der Waals surface area (Å²) in [7, 11) is 3.87. The fourth-order valence-electron chi connectivity index (χ4n) is 3.64. The normalized spacial score (nSPS) is 22.6. The van der Waals surface area contributed by atoms with E-state index in [9.17, 15) is 9.59 Å². The van der Waals surface area contributed by atoms with Crippen molar-refractivity contribution >= 4 is 24.2 Å². The maximum Gasteiger partial charge on any atom is 0.236 e. The van der Waals surface area contributed by atoms with Gasteiger partial charge in [0.1, 0.15) is 0 Å². The lowest BCUT2D eigenvalue weighted by Gasteiger charge is -2.37. The van der Waals surface area contributed by atoms with Crippen LogP contribution in [0.5, 0.6) is 0 Å². The van der Waals surface area contributed by atoms with Crippen molar-refractivity contribution in [2.75, 3.05) is 46.8 Å². The highest BCUT2D eigenvalue weighted by Crippen LogP contribution is 2.20. The van der Waals surface area contributed by atoms with Gasteiger partial charge < -0.3 is 15.1 Å². The second kappa shape index (κ2) is 10.3. The number of hydrogen-bond acceptors (Lipinski definition) is 4. The highest BCUT2D eigenvalue weighted by molar-refractivity contribution is 5.85. The Hall–Kier alpha value is -0.850. The second-order valence-electron chi connectivity index (χ2n) is 7.56. The Kier molecular flexibility index (Phi) is 9.17. The first kappa shape index (κ1) is 22.2. The lowest BCUT2D eigenvalue weighted by Crippen LogP contribution is -2.50. The van der Waals surface area contributed by atoms with Gasteiger partial charge in [0.15, 0.2) is 0 Å². The summed E-state index contributed by atoms with van der Waals surface area (Å²) in [6, 6.07) is 0.734. The summed E-state index contributed by atoms with van der Waals surface area (Å²) in [5, 5.41) is 3.32. The van der Waals surface area contributed by atoms with Gasteiger partial charge in [-0.05, 0) is 53.1 Å². The molecule has 0 saturated carbocycles. The van der Waals surface area contributed by atoms with Crippen molar-refractivity contribution in [3.63, 3.8) is 0 Å². The van der Waals surface area contributed by atoms with Gasteiger partial charge in [-0.25, -0.2) is 0 Å². The molecule has 0 aromatic heterocycles. The maximum absolute atomic E-state index is 12.5. The van der Waals surface area contributed by atoms with Crippen LogP contribution in [0, 0.1) is 5.92 Å². The van der Waals surface area contributed by atoms with E-state index in [2.05, 4.69) is 10.2 Å². The van der Waals surface area contributed by atoms with E-state index in [1.165, 1.54) is 6.42 Å². The van der Waals surface area contributed by atoms with E-state index in [1.54, 1.807) is 0 Å². The molecular formula is C18H35ClN4O2. The van der Waals surface area contributed by atoms with Crippen LogP contribution in [0.3, 0.4) is 0 Å². The Balaban J connectivity index is 0.00000312. The van der Waals surface area contributed by atoms with Crippen LogP contribution in [0.2, 0.25) is 0 Å². The molecule has 2 fully saturated rings. The minimum absolute atomic E-state index is 0. The summed E-state index contributed by atoms with van der Waals surface area (Å²) in [5.74, 6) is 0.518. The van der Waals surface area contributed by atoms with Crippen LogP contribution in [0.1, 0.15) is 39.5 Å². The molecule has 25 heavy (non-hydrogen) atoms. The predicted molar refractivity (Wildman–Crippen MR) is 103 cm³/mol. The van der Waals surface area contributed by atoms with Crippen molar-refractivity contribution in [3.8, 4) is 0 Å². The molecule has 2 aliphatic heterocycles. The second-order valence-corrected chi connectivity index (χ2v) is 7.56. The number of nitrogens with zero attached hydrogens (tertiary/aromatic N) is 3. The number of carbonyl (C=O) groups is 2. The van der Waals surface area contributed by atoms with Crippen molar-refractivity contribution in [2.45, 2.75) is 51.6 Å². The first-order valence-electron chi connectivity index (χ1n) is 9.36. The standard InChI is InChI=1S/C18H34N4O2.ClH/c1-14(2)20(4)18(24)15-7-10-22(11-8-15)17(23)13-21-9-5-6-16(12-21)19-3;/h14-16,19H,5-13H2,1-4H3;1H. The molecule has 146 valence electrons. The molecule has 1 unspecified atom stereocenters. The van der Waals surface area contributed by atoms with E-state index >= 15 is 0 Å². The number of likely N-dealkylation sites (N-methyl/N-ethyl adjacent to an activating group) is 1. The number of carbonyl (C=O) groups excluding carboxylic acids is 2. The topological polar surface area (TPSA) is 55.9 Å². The van der Waals surface area contributed by atoms with Crippen LogP contribution in [-0.2, 0) is 9.59 Å². The Morgan fingerprint density at radius 3 is 2.36 bits per heavy atom. The zero-order chi connectivity index (χ0) is 17.7. The van der Waals surface area contributed by atoms with Crippen LogP contribution in [0.15, 0.2) is 0 Å². The number of amides is 2. The monoisotopic (exact) mass is 374 g/mol. The number of halogens is 1. The molecule has 0 aliphatic carbocycles. The van der Waals surface area contributed by atoms with Gasteiger partial charge >= 0.3 is 0 Å². The average Bonchev–Trinajstić information content (AvgIpc) is 2.60. The molecule has 2 rings (SSSR count).